The Morgan fingerprint density at radius 2 is 1.59 bits per heavy atom. The van der Waals surface area contributed by atoms with Crippen molar-refractivity contribution < 1.29 is 13.2 Å². The van der Waals surface area contributed by atoms with Crippen LogP contribution < -0.4 is 5.73 Å². The first kappa shape index (κ1) is 16.7. The number of halogens is 3. The first-order valence-electron chi connectivity index (χ1n) is 6.34. The molecule has 2 unspecified atom stereocenters. The fourth-order valence-electron chi connectivity index (χ4n) is 2.16. The fourth-order valence-corrected chi connectivity index (χ4v) is 2.16. The predicted octanol–water partition coefficient (Wildman–Crippen LogP) is 3.02. The third-order valence-electron chi connectivity index (χ3n) is 3.28. The van der Waals surface area contributed by atoms with Gasteiger partial charge in [-0.2, -0.15) is 13.2 Å². The minimum Gasteiger partial charge on any atom is -0.326 e. The van der Waals surface area contributed by atoms with Crippen molar-refractivity contribution in [2.75, 3.05) is 13.1 Å². The Labute approximate surface area is 102 Å². The van der Waals surface area contributed by atoms with Gasteiger partial charge in [-0.15, -0.1) is 0 Å². The van der Waals surface area contributed by atoms with Crippen LogP contribution in [0, 0.1) is 5.92 Å². The van der Waals surface area contributed by atoms with Crippen molar-refractivity contribution in [3.05, 3.63) is 0 Å². The van der Waals surface area contributed by atoms with Crippen LogP contribution in [0.25, 0.3) is 0 Å². The average molecular weight is 254 g/mol. The van der Waals surface area contributed by atoms with Crippen molar-refractivity contribution in [2.24, 2.45) is 11.7 Å². The van der Waals surface area contributed by atoms with Gasteiger partial charge < -0.3 is 5.73 Å². The van der Waals surface area contributed by atoms with Gasteiger partial charge in [0.1, 0.15) is 6.04 Å². The molecule has 0 aromatic carbocycles. The third-order valence-corrected chi connectivity index (χ3v) is 3.28. The van der Waals surface area contributed by atoms with Crippen molar-refractivity contribution in [1.82, 2.24) is 4.90 Å². The maximum absolute atomic E-state index is 12.9. The van der Waals surface area contributed by atoms with E-state index in [1.165, 1.54) is 11.8 Å². The van der Waals surface area contributed by atoms with E-state index in [0.717, 1.165) is 12.8 Å². The Balaban J connectivity index is 4.80. The molecule has 0 saturated carbocycles. The van der Waals surface area contributed by atoms with E-state index in [4.69, 9.17) is 5.73 Å². The number of nitrogens with zero attached hydrogens (tertiary/aromatic N) is 1. The van der Waals surface area contributed by atoms with Crippen molar-refractivity contribution in [1.29, 1.82) is 0 Å². The molecule has 104 valence electrons. The topological polar surface area (TPSA) is 29.3 Å². The van der Waals surface area contributed by atoms with Crippen LogP contribution in [0.5, 0.6) is 0 Å². The van der Waals surface area contributed by atoms with E-state index in [1.807, 2.05) is 13.8 Å². The monoisotopic (exact) mass is 254 g/mol. The summed E-state index contributed by atoms with van der Waals surface area (Å²) < 4.78 is 38.8. The predicted molar refractivity (Wildman–Crippen MR) is 64.8 cm³/mol. The summed E-state index contributed by atoms with van der Waals surface area (Å²) in [6.07, 6.45) is -2.46. The fraction of sp³-hybridized carbons (Fsp3) is 1.00. The summed E-state index contributed by atoms with van der Waals surface area (Å²) in [5.74, 6) is 0.304. The van der Waals surface area contributed by atoms with Gasteiger partial charge in [-0.25, -0.2) is 0 Å². The molecule has 5 heteroatoms. The number of nitrogens with two attached hydrogens (primary N) is 1. The minimum atomic E-state index is -4.25. The average Bonchev–Trinajstić information content (AvgIpc) is 2.21. The standard InChI is InChI=1S/C12H25F3N2/c1-5-10(6-2)8-17(7-3)11(9(4)16)12(13,14)15/h9-11H,5-8,16H2,1-4H3. The van der Waals surface area contributed by atoms with Gasteiger partial charge in [-0.1, -0.05) is 33.6 Å². The molecule has 0 spiro atoms. The second-order valence-electron chi connectivity index (χ2n) is 4.62. The van der Waals surface area contributed by atoms with Gasteiger partial charge in [-0.05, 0) is 19.4 Å². The zero-order chi connectivity index (χ0) is 13.6. The molecule has 17 heavy (non-hydrogen) atoms. The Hall–Kier alpha value is -0.290. The second-order valence-corrected chi connectivity index (χ2v) is 4.62. The number of likely N-dealkylation sites (N-methyl/N-ethyl adjacent to an activating group) is 1. The normalized spacial score (nSPS) is 16.6. The maximum atomic E-state index is 12.9. The van der Waals surface area contributed by atoms with Crippen molar-refractivity contribution in [2.45, 2.75) is 58.8 Å². The molecule has 0 aromatic rings. The number of hydrogen-bond acceptors (Lipinski definition) is 2. The molecule has 2 atom stereocenters. The van der Waals surface area contributed by atoms with Crippen LogP contribution in [-0.4, -0.2) is 36.2 Å². The first-order chi connectivity index (χ1) is 7.77. The van der Waals surface area contributed by atoms with Crippen molar-refractivity contribution in [3.63, 3.8) is 0 Å². The summed E-state index contributed by atoms with van der Waals surface area (Å²) in [7, 11) is 0. The molecule has 0 heterocycles. The smallest absolute Gasteiger partial charge is 0.326 e. The summed E-state index contributed by atoms with van der Waals surface area (Å²) in [5, 5.41) is 0. The van der Waals surface area contributed by atoms with Gasteiger partial charge >= 0.3 is 6.18 Å². The SMILES string of the molecule is CCC(CC)CN(CC)C(C(C)N)C(F)(F)F. The van der Waals surface area contributed by atoms with Crippen LogP contribution in [0.4, 0.5) is 13.2 Å². The van der Waals surface area contributed by atoms with Gasteiger partial charge in [0.15, 0.2) is 0 Å². The highest BCUT2D eigenvalue weighted by Crippen LogP contribution is 2.28. The molecule has 0 bridgehead atoms. The summed E-state index contributed by atoms with van der Waals surface area (Å²) in [5.41, 5.74) is 5.50. The van der Waals surface area contributed by atoms with Gasteiger partial charge in [0.25, 0.3) is 0 Å². The van der Waals surface area contributed by atoms with Crippen molar-refractivity contribution >= 4 is 0 Å². The molecular weight excluding hydrogens is 229 g/mol. The summed E-state index contributed by atoms with van der Waals surface area (Å²) in [6, 6.07) is -2.43. The maximum Gasteiger partial charge on any atom is 0.405 e. The lowest BCUT2D eigenvalue weighted by molar-refractivity contribution is -0.189. The van der Waals surface area contributed by atoms with Crippen LogP contribution in [0.2, 0.25) is 0 Å². The van der Waals surface area contributed by atoms with Crippen LogP contribution in [0.1, 0.15) is 40.5 Å². The quantitative estimate of drug-likeness (QED) is 0.756. The highest BCUT2D eigenvalue weighted by atomic mass is 19.4. The van der Waals surface area contributed by atoms with E-state index in [9.17, 15) is 13.2 Å². The second kappa shape index (κ2) is 7.21. The summed E-state index contributed by atoms with van der Waals surface area (Å²) >= 11 is 0. The van der Waals surface area contributed by atoms with Crippen molar-refractivity contribution in [3.8, 4) is 0 Å². The minimum absolute atomic E-state index is 0.304. The molecule has 0 aliphatic rings. The lowest BCUT2D eigenvalue weighted by Gasteiger charge is -2.36. The Kier molecular flexibility index (Phi) is 7.09. The van der Waals surface area contributed by atoms with Crippen LogP contribution in [0.3, 0.4) is 0 Å². The largest absolute Gasteiger partial charge is 0.405 e. The molecule has 0 radical (unpaired) electrons. The highest BCUT2D eigenvalue weighted by Gasteiger charge is 2.45. The van der Waals surface area contributed by atoms with Crippen LogP contribution in [-0.2, 0) is 0 Å². The number of rotatable bonds is 7. The molecule has 2 nitrogen and oxygen atoms in total. The van der Waals surface area contributed by atoms with E-state index in [1.54, 1.807) is 6.92 Å². The molecule has 0 rings (SSSR count). The molecule has 0 saturated heterocycles. The van der Waals surface area contributed by atoms with Gasteiger partial charge in [-0.3, -0.25) is 4.90 Å². The summed E-state index contributed by atoms with van der Waals surface area (Å²) in [6.45, 7) is 8.04. The zero-order valence-corrected chi connectivity index (χ0v) is 11.2. The van der Waals surface area contributed by atoms with Gasteiger partial charge in [0.2, 0.25) is 0 Å². The Morgan fingerprint density at radius 3 is 1.82 bits per heavy atom. The van der Waals surface area contributed by atoms with E-state index < -0.39 is 18.3 Å². The molecular formula is C12H25F3N2. The lowest BCUT2D eigenvalue weighted by Crippen LogP contribution is -2.56. The molecule has 0 amide bonds. The van der Waals surface area contributed by atoms with E-state index in [-0.39, 0.29) is 0 Å². The summed E-state index contributed by atoms with van der Waals surface area (Å²) in [4.78, 5) is 1.46. The van der Waals surface area contributed by atoms with E-state index >= 15 is 0 Å². The van der Waals surface area contributed by atoms with E-state index in [0.29, 0.717) is 19.0 Å². The van der Waals surface area contributed by atoms with Gasteiger partial charge in [0.05, 0.1) is 0 Å². The number of hydrogen-bond donors (Lipinski definition) is 1. The lowest BCUT2D eigenvalue weighted by atomic mass is 10.00. The molecule has 0 aliphatic heterocycles. The third kappa shape index (κ3) is 5.25. The molecule has 2 N–H and O–H groups in total. The zero-order valence-electron chi connectivity index (χ0n) is 11.2. The molecule has 0 fully saturated rings. The van der Waals surface area contributed by atoms with Crippen LogP contribution >= 0.6 is 0 Å². The molecule has 0 aliphatic carbocycles. The van der Waals surface area contributed by atoms with E-state index in [2.05, 4.69) is 0 Å². The Morgan fingerprint density at radius 1 is 1.12 bits per heavy atom. The van der Waals surface area contributed by atoms with Crippen LogP contribution in [0.15, 0.2) is 0 Å². The number of alkyl halides is 3. The highest BCUT2D eigenvalue weighted by molar-refractivity contribution is 4.86. The first-order valence-corrected chi connectivity index (χ1v) is 6.34. The van der Waals surface area contributed by atoms with Gasteiger partial charge in [0, 0.05) is 12.6 Å². The Bertz CT molecular complexity index is 200. The molecule has 0 aromatic heterocycles.